The van der Waals surface area contributed by atoms with Crippen LogP contribution in [0.3, 0.4) is 0 Å². The van der Waals surface area contributed by atoms with Crippen LogP contribution in [0.25, 0.3) is 11.0 Å². The molecule has 0 saturated heterocycles. The first-order valence-electron chi connectivity index (χ1n) is 5.28. The molecular weight excluding hydrogens is 172 g/mol. The molecule has 2 aromatic rings. The number of benzene rings is 1. The van der Waals surface area contributed by atoms with Gasteiger partial charge in [-0.05, 0) is 31.0 Å². The smallest absolute Gasteiger partial charge is 0.134 e. The molecule has 0 aliphatic carbocycles. The molecule has 0 aliphatic rings. The predicted molar refractivity (Wildman–Crippen MR) is 59.6 cm³/mol. The summed E-state index contributed by atoms with van der Waals surface area (Å²) in [5, 5.41) is 1.22. The van der Waals surface area contributed by atoms with Crippen molar-refractivity contribution in [3.63, 3.8) is 0 Å². The average Bonchev–Trinajstić information content (AvgIpc) is 2.56. The third-order valence-electron chi connectivity index (χ3n) is 2.50. The van der Waals surface area contributed by atoms with Gasteiger partial charge in [0, 0.05) is 11.8 Å². The van der Waals surface area contributed by atoms with Gasteiger partial charge in [-0.2, -0.15) is 0 Å². The lowest BCUT2D eigenvalue weighted by Crippen LogP contribution is -1.78. The van der Waals surface area contributed by atoms with Gasteiger partial charge in [-0.15, -0.1) is 0 Å². The molecule has 0 saturated carbocycles. The van der Waals surface area contributed by atoms with E-state index in [1.807, 2.05) is 0 Å². The number of hydrogen-bond donors (Lipinski definition) is 0. The third-order valence-corrected chi connectivity index (χ3v) is 2.50. The van der Waals surface area contributed by atoms with Crippen LogP contribution in [0.4, 0.5) is 0 Å². The fourth-order valence-corrected chi connectivity index (χ4v) is 1.67. The molecule has 0 aliphatic heterocycles. The molecule has 0 spiro atoms. The second kappa shape index (κ2) is 3.87. The molecule has 0 amide bonds. The van der Waals surface area contributed by atoms with Crippen molar-refractivity contribution in [1.82, 2.24) is 0 Å². The first-order chi connectivity index (χ1) is 6.79. The lowest BCUT2D eigenvalue weighted by Gasteiger charge is -1.92. The largest absolute Gasteiger partial charge is 0.461 e. The molecule has 74 valence electrons. The zero-order valence-corrected chi connectivity index (χ0v) is 8.84. The molecule has 1 heterocycles. The Morgan fingerprint density at radius 2 is 2.07 bits per heavy atom. The van der Waals surface area contributed by atoms with Crippen molar-refractivity contribution in [3.8, 4) is 0 Å². The van der Waals surface area contributed by atoms with Gasteiger partial charge in [0.25, 0.3) is 0 Å². The highest BCUT2D eigenvalue weighted by Crippen LogP contribution is 2.21. The number of aryl methyl sites for hydroxylation is 2. The van der Waals surface area contributed by atoms with Gasteiger partial charge in [0.15, 0.2) is 0 Å². The molecule has 0 unspecified atom stereocenters. The van der Waals surface area contributed by atoms with E-state index in [9.17, 15) is 0 Å². The lowest BCUT2D eigenvalue weighted by atomic mass is 10.1. The van der Waals surface area contributed by atoms with Gasteiger partial charge >= 0.3 is 0 Å². The zero-order valence-electron chi connectivity index (χ0n) is 8.84. The van der Waals surface area contributed by atoms with Crippen LogP contribution in [0.15, 0.2) is 28.7 Å². The molecule has 0 bridgehead atoms. The van der Waals surface area contributed by atoms with Gasteiger partial charge in [0.05, 0.1) is 0 Å². The van der Waals surface area contributed by atoms with Crippen LogP contribution in [-0.2, 0) is 6.42 Å². The minimum absolute atomic E-state index is 1.02. The summed E-state index contributed by atoms with van der Waals surface area (Å²) >= 11 is 0. The first-order valence-corrected chi connectivity index (χ1v) is 5.28. The maximum Gasteiger partial charge on any atom is 0.134 e. The van der Waals surface area contributed by atoms with E-state index in [-0.39, 0.29) is 0 Å². The minimum atomic E-state index is 1.02. The first kappa shape index (κ1) is 9.32. The number of rotatable bonds is 3. The molecule has 2 rings (SSSR count). The van der Waals surface area contributed by atoms with Crippen LogP contribution < -0.4 is 0 Å². The fraction of sp³-hybridized carbons (Fsp3) is 0.385. The number of unbranched alkanes of at least 4 members (excludes halogenated alkanes) is 1. The molecule has 14 heavy (non-hydrogen) atoms. The van der Waals surface area contributed by atoms with Crippen LogP contribution in [0.1, 0.15) is 31.1 Å². The molecule has 1 aromatic carbocycles. The average molecular weight is 188 g/mol. The van der Waals surface area contributed by atoms with Crippen molar-refractivity contribution >= 4 is 11.0 Å². The van der Waals surface area contributed by atoms with Gasteiger partial charge in [0.2, 0.25) is 0 Å². The Morgan fingerprint density at radius 3 is 2.86 bits per heavy atom. The quantitative estimate of drug-likeness (QED) is 0.707. The van der Waals surface area contributed by atoms with E-state index in [0.717, 1.165) is 17.8 Å². The van der Waals surface area contributed by atoms with Crippen LogP contribution in [0.5, 0.6) is 0 Å². The number of furan rings is 1. The van der Waals surface area contributed by atoms with E-state index in [0.29, 0.717) is 0 Å². The highest BCUT2D eigenvalue weighted by Gasteiger charge is 2.02. The second-order valence-electron chi connectivity index (χ2n) is 3.86. The van der Waals surface area contributed by atoms with Gasteiger partial charge in [-0.3, -0.25) is 0 Å². The summed E-state index contributed by atoms with van der Waals surface area (Å²) < 4.78 is 5.75. The van der Waals surface area contributed by atoms with E-state index >= 15 is 0 Å². The molecule has 0 radical (unpaired) electrons. The van der Waals surface area contributed by atoms with E-state index in [4.69, 9.17) is 4.42 Å². The summed E-state index contributed by atoms with van der Waals surface area (Å²) in [7, 11) is 0. The molecular formula is C13H16O. The summed E-state index contributed by atoms with van der Waals surface area (Å²) in [5.74, 6) is 1.12. The van der Waals surface area contributed by atoms with Gasteiger partial charge < -0.3 is 4.42 Å². The maximum absolute atomic E-state index is 5.75. The Bertz CT molecular complexity index is 426. The van der Waals surface area contributed by atoms with Crippen LogP contribution in [0, 0.1) is 6.92 Å². The predicted octanol–water partition coefficient (Wildman–Crippen LogP) is 4.08. The summed E-state index contributed by atoms with van der Waals surface area (Å²) in [6, 6.07) is 8.51. The number of fused-ring (bicyclic) bond motifs is 1. The van der Waals surface area contributed by atoms with E-state index in [1.165, 1.54) is 23.8 Å². The molecule has 0 fully saturated rings. The minimum Gasteiger partial charge on any atom is -0.461 e. The highest BCUT2D eigenvalue weighted by atomic mass is 16.3. The van der Waals surface area contributed by atoms with E-state index in [2.05, 4.69) is 38.1 Å². The molecule has 0 atom stereocenters. The topological polar surface area (TPSA) is 13.1 Å². The molecule has 1 heteroatoms. The maximum atomic E-state index is 5.75. The SMILES string of the molecule is CCCCc1cc2ccc(C)cc2o1. The Balaban J connectivity index is 2.32. The van der Waals surface area contributed by atoms with Gasteiger partial charge in [0.1, 0.15) is 11.3 Å². The third kappa shape index (κ3) is 1.82. The Hall–Kier alpha value is -1.24. The van der Waals surface area contributed by atoms with Crippen LogP contribution in [0.2, 0.25) is 0 Å². The molecule has 1 nitrogen and oxygen atoms in total. The van der Waals surface area contributed by atoms with Crippen molar-refractivity contribution in [1.29, 1.82) is 0 Å². The Kier molecular flexibility index (Phi) is 2.58. The van der Waals surface area contributed by atoms with E-state index in [1.54, 1.807) is 0 Å². The second-order valence-corrected chi connectivity index (χ2v) is 3.86. The summed E-state index contributed by atoms with van der Waals surface area (Å²) in [5.41, 5.74) is 2.28. The fourth-order valence-electron chi connectivity index (χ4n) is 1.67. The summed E-state index contributed by atoms with van der Waals surface area (Å²) in [6.45, 7) is 4.29. The van der Waals surface area contributed by atoms with Crippen molar-refractivity contribution < 1.29 is 4.42 Å². The Morgan fingerprint density at radius 1 is 1.21 bits per heavy atom. The van der Waals surface area contributed by atoms with Crippen molar-refractivity contribution in [2.75, 3.05) is 0 Å². The van der Waals surface area contributed by atoms with Gasteiger partial charge in [-0.25, -0.2) is 0 Å². The summed E-state index contributed by atoms with van der Waals surface area (Å²) in [6.07, 6.45) is 3.49. The van der Waals surface area contributed by atoms with Crippen LogP contribution in [-0.4, -0.2) is 0 Å². The molecule has 0 N–H and O–H groups in total. The number of hydrogen-bond acceptors (Lipinski definition) is 1. The van der Waals surface area contributed by atoms with Crippen molar-refractivity contribution in [2.45, 2.75) is 33.1 Å². The normalized spacial score (nSPS) is 11.0. The molecule has 1 aromatic heterocycles. The van der Waals surface area contributed by atoms with Crippen LogP contribution >= 0.6 is 0 Å². The van der Waals surface area contributed by atoms with Crippen molar-refractivity contribution in [2.24, 2.45) is 0 Å². The lowest BCUT2D eigenvalue weighted by molar-refractivity contribution is 0.536. The van der Waals surface area contributed by atoms with Crippen molar-refractivity contribution in [3.05, 3.63) is 35.6 Å². The summed E-state index contributed by atoms with van der Waals surface area (Å²) in [4.78, 5) is 0. The highest BCUT2D eigenvalue weighted by molar-refractivity contribution is 5.78. The monoisotopic (exact) mass is 188 g/mol. The van der Waals surface area contributed by atoms with E-state index < -0.39 is 0 Å². The van der Waals surface area contributed by atoms with Gasteiger partial charge in [-0.1, -0.05) is 25.5 Å². The standard InChI is InChI=1S/C13H16O/c1-3-4-5-12-9-11-7-6-10(2)8-13(11)14-12/h6-9H,3-5H2,1-2H3. The zero-order chi connectivity index (χ0) is 9.97. The Labute approximate surface area is 84.7 Å².